The summed E-state index contributed by atoms with van der Waals surface area (Å²) in [6.45, 7) is 5.38. The van der Waals surface area contributed by atoms with Gasteiger partial charge in [0.2, 0.25) is 0 Å². The highest BCUT2D eigenvalue weighted by molar-refractivity contribution is 7.98. The van der Waals surface area contributed by atoms with Crippen LogP contribution >= 0.6 is 23.4 Å². The molecule has 1 atom stereocenters. The summed E-state index contributed by atoms with van der Waals surface area (Å²) in [7, 11) is 0. The molecule has 3 heteroatoms. The Morgan fingerprint density at radius 3 is 2.43 bits per heavy atom. The fourth-order valence-electron chi connectivity index (χ4n) is 2.36. The van der Waals surface area contributed by atoms with E-state index in [4.69, 9.17) is 11.6 Å². The summed E-state index contributed by atoms with van der Waals surface area (Å²) in [5.41, 5.74) is 2.71. The van der Waals surface area contributed by atoms with Gasteiger partial charge >= 0.3 is 0 Å². The molecule has 0 aliphatic heterocycles. The van der Waals surface area contributed by atoms with E-state index in [1.54, 1.807) is 0 Å². The largest absolute Gasteiger partial charge is 0.310 e. The van der Waals surface area contributed by atoms with Gasteiger partial charge in [-0.2, -0.15) is 0 Å². The molecule has 0 saturated heterocycles. The average Bonchev–Trinajstić information content (AvgIpc) is 2.52. The van der Waals surface area contributed by atoms with Crippen LogP contribution < -0.4 is 5.32 Å². The third-order valence-corrected chi connectivity index (χ3v) is 4.87. The van der Waals surface area contributed by atoms with E-state index in [2.05, 4.69) is 55.6 Å². The summed E-state index contributed by atoms with van der Waals surface area (Å²) in [4.78, 5) is 1.36. The molecule has 0 radical (unpaired) electrons. The molecule has 1 nitrogen and oxygen atoms in total. The Morgan fingerprint density at radius 2 is 1.76 bits per heavy atom. The van der Waals surface area contributed by atoms with Crippen molar-refractivity contribution in [3.8, 4) is 0 Å². The monoisotopic (exact) mass is 319 g/mol. The lowest BCUT2D eigenvalue weighted by atomic mass is 10.0. The highest BCUT2D eigenvalue weighted by Gasteiger charge is 2.12. The van der Waals surface area contributed by atoms with Crippen molar-refractivity contribution in [3.05, 3.63) is 64.7 Å². The van der Waals surface area contributed by atoms with Gasteiger partial charge in [0.1, 0.15) is 0 Å². The van der Waals surface area contributed by atoms with Crippen LogP contribution in [0, 0.1) is 0 Å². The van der Waals surface area contributed by atoms with Crippen molar-refractivity contribution in [1.82, 2.24) is 5.32 Å². The summed E-state index contributed by atoms with van der Waals surface area (Å²) in [6.07, 6.45) is 1.10. The fraction of sp³-hybridized carbons (Fsp3) is 0.333. The quantitative estimate of drug-likeness (QED) is 0.658. The smallest absolute Gasteiger partial charge is 0.0406 e. The Balaban J connectivity index is 2.10. The molecule has 0 heterocycles. The molecule has 0 aliphatic carbocycles. The summed E-state index contributed by atoms with van der Waals surface area (Å²) in [5.74, 6) is 0.969. The first-order valence-electron chi connectivity index (χ1n) is 7.44. The van der Waals surface area contributed by atoms with Gasteiger partial charge < -0.3 is 5.32 Å². The third kappa shape index (κ3) is 4.77. The first kappa shape index (κ1) is 16.4. The van der Waals surface area contributed by atoms with Gasteiger partial charge in [0.05, 0.1) is 0 Å². The number of hydrogen-bond donors (Lipinski definition) is 1. The zero-order valence-corrected chi connectivity index (χ0v) is 14.2. The molecule has 0 spiro atoms. The topological polar surface area (TPSA) is 12.0 Å². The second kappa shape index (κ2) is 8.47. The van der Waals surface area contributed by atoms with Crippen molar-refractivity contribution in [2.75, 3.05) is 6.54 Å². The normalized spacial score (nSPS) is 12.3. The molecule has 2 rings (SSSR count). The van der Waals surface area contributed by atoms with E-state index in [9.17, 15) is 0 Å². The van der Waals surface area contributed by atoms with Crippen LogP contribution in [0.5, 0.6) is 0 Å². The molecule has 2 aromatic carbocycles. The molecule has 0 amide bonds. The van der Waals surface area contributed by atoms with Crippen LogP contribution in [0.4, 0.5) is 0 Å². The maximum Gasteiger partial charge on any atom is 0.0406 e. The highest BCUT2D eigenvalue weighted by atomic mass is 35.5. The van der Waals surface area contributed by atoms with E-state index < -0.39 is 0 Å². The standard InChI is InChI=1S/C18H22ClNS/c1-3-17(20-4-2)16-7-5-6-8-18(16)21-13-14-9-11-15(19)12-10-14/h5-12,17,20H,3-4,13H2,1-2H3. The van der Waals surface area contributed by atoms with Crippen molar-refractivity contribution in [2.24, 2.45) is 0 Å². The van der Waals surface area contributed by atoms with Gasteiger partial charge in [-0.15, -0.1) is 11.8 Å². The maximum atomic E-state index is 5.93. The predicted octanol–water partition coefficient (Wildman–Crippen LogP) is 5.69. The Kier molecular flexibility index (Phi) is 6.62. The Bertz CT molecular complexity index is 553. The number of thioether (sulfide) groups is 1. The fourth-order valence-corrected chi connectivity index (χ4v) is 3.55. The molecule has 112 valence electrons. The molecule has 0 fully saturated rings. The van der Waals surface area contributed by atoms with Crippen LogP contribution in [0.15, 0.2) is 53.4 Å². The first-order valence-corrected chi connectivity index (χ1v) is 8.80. The van der Waals surface area contributed by atoms with Crippen molar-refractivity contribution in [3.63, 3.8) is 0 Å². The van der Waals surface area contributed by atoms with E-state index in [1.165, 1.54) is 16.0 Å². The first-order chi connectivity index (χ1) is 10.2. The second-order valence-electron chi connectivity index (χ2n) is 4.97. The molecular formula is C18H22ClNS. The Hall–Kier alpha value is -0.960. The van der Waals surface area contributed by atoms with Gasteiger partial charge in [-0.1, -0.05) is 55.8 Å². The van der Waals surface area contributed by atoms with E-state index in [1.807, 2.05) is 23.9 Å². The summed E-state index contributed by atoms with van der Waals surface area (Å²) >= 11 is 7.83. The van der Waals surface area contributed by atoms with Gasteiger partial charge in [-0.25, -0.2) is 0 Å². The Labute approximate surface area is 137 Å². The van der Waals surface area contributed by atoms with E-state index in [-0.39, 0.29) is 0 Å². The number of halogens is 1. The van der Waals surface area contributed by atoms with Gasteiger partial charge in [0, 0.05) is 21.7 Å². The molecular weight excluding hydrogens is 298 g/mol. The lowest BCUT2D eigenvalue weighted by Crippen LogP contribution is -2.20. The minimum atomic E-state index is 0.434. The lowest BCUT2D eigenvalue weighted by Gasteiger charge is -2.19. The van der Waals surface area contributed by atoms with Gasteiger partial charge in [-0.05, 0) is 42.3 Å². The van der Waals surface area contributed by atoms with Crippen LogP contribution in [0.25, 0.3) is 0 Å². The van der Waals surface area contributed by atoms with E-state index in [0.29, 0.717) is 6.04 Å². The van der Waals surface area contributed by atoms with Crippen molar-refractivity contribution >= 4 is 23.4 Å². The van der Waals surface area contributed by atoms with Gasteiger partial charge in [0.25, 0.3) is 0 Å². The molecule has 0 aromatic heterocycles. The van der Waals surface area contributed by atoms with E-state index in [0.717, 1.165) is 23.7 Å². The molecule has 1 N–H and O–H groups in total. The SMILES string of the molecule is CCNC(CC)c1ccccc1SCc1ccc(Cl)cc1. The minimum Gasteiger partial charge on any atom is -0.310 e. The summed E-state index contributed by atoms with van der Waals surface area (Å²) < 4.78 is 0. The van der Waals surface area contributed by atoms with Crippen molar-refractivity contribution in [1.29, 1.82) is 0 Å². The zero-order chi connectivity index (χ0) is 15.1. The second-order valence-corrected chi connectivity index (χ2v) is 6.43. The van der Waals surface area contributed by atoms with Gasteiger partial charge in [-0.3, -0.25) is 0 Å². The predicted molar refractivity (Wildman–Crippen MR) is 94.2 cm³/mol. The van der Waals surface area contributed by atoms with Crippen LogP contribution in [0.3, 0.4) is 0 Å². The lowest BCUT2D eigenvalue weighted by molar-refractivity contribution is 0.530. The number of hydrogen-bond acceptors (Lipinski definition) is 2. The molecule has 1 unspecified atom stereocenters. The number of rotatable bonds is 7. The molecule has 0 saturated carbocycles. The molecule has 0 aliphatic rings. The number of benzene rings is 2. The minimum absolute atomic E-state index is 0.434. The van der Waals surface area contributed by atoms with Crippen LogP contribution in [0.2, 0.25) is 5.02 Å². The summed E-state index contributed by atoms with van der Waals surface area (Å²) in [6, 6.07) is 17.2. The molecule has 21 heavy (non-hydrogen) atoms. The van der Waals surface area contributed by atoms with E-state index >= 15 is 0 Å². The van der Waals surface area contributed by atoms with Crippen LogP contribution in [-0.4, -0.2) is 6.54 Å². The Morgan fingerprint density at radius 1 is 1.05 bits per heavy atom. The third-order valence-electron chi connectivity index (χ3n) is 3.46. The average molecular weight is 320 g/mol. The maximum absolute atomic E-state index is 5.93. The van der Waals surface area contributed by atoms with Crippen molar-refractivity contribution in [2.45, 2.75) is 37.0 Å². The summed E-state index contributed by atoms with van der Waals surface area (Å²) in [5, 5.41) is 4.36. The van der Waals surface area contributed by atoms with Crippen molar-refractivity contribution < 1.29 is 0 Å². The molecule has 0 bridgehead atoms. The van der Waals surface area contributed by atoms with Crippen LogP contribution in [0.1, 0.15) is 37.4 Å². The molecule has 2 aromatic rings. The van der Waals surface area contributed by atoms with Crippen LogP contribution in [-0.2, 0) is 5.75 Å². The zero-order valence-electron chi connectivity index (χ0n) is 12.6. The number of nitrogens with one attached hydrogen (secondary N) is 1. The van der Waals surface area contributed by atoms with Gasteiger partial charge in [0.15, 0.2) is 0 Å². The highest BCUT2D eigenvalue weighted by Crippen LogP contribution is 2.31.